The van der Waals surface area contributed by atoms with Gasteiger partial charge in [0.1, 0.15) is 0 Å². The van der Waals surface area contributed by atoms with Crippen molar-refractivity contribution in [3.63, 3.8) is 0 Å². The summed E-state index contributed by atoms with van der Waals surface area (Å²) in [4.78, 5) is 5.43. The summed E-state index contributed by atoms with van der Waals surface area (Å²) in [6.07, 6.45) is 5.33. The number of hydrogen-bond acceptors (Lipinski definition) is 5. The van der Waals surface area contributed by atoms with E-state index >= 15 is 0 Å². The van der Waals surface area contributed by atoms with E-state index in [0.29, 0.717) is 0 Å². The molecule has 192 valence electrons. The molecule has 2 heterocycles. The molecule has 0 saturated carbocycles. The first-order chi connectivity index (χ1) is 18.2. The lowest BCUT2D eigenvalue weighted by atomic mass is 9.87. The summed E-state index contributed by atoms with van der Waals surface area (Å²) in [7, 11) is 0. The maximum Gasteiger partial charge on any atom is 0.0632 e. The third kappa shape index (κ3) is 4.26. The Kier molecular flexibility index (Phi) is 6.39. The van der Waals surface area contributed by atoms with E-state index in [1.54, 1.807) is 0 Å². The van der Waals surface area contributed by atoms with Crippen molar-refractivity contribution in [3.8, 4) is 22.3 Å². The predicted octanol–water partition coefficient (Wildman–Crippen LogP) is 9.91. The number of fused-ring (bicyclic) bond motifs is 3. The van der Waals surface area contributed by atoms with Gasteiger partial charge in [0.05, 0.1) is 17.8 Å². The second kappa shape index (κ2) is 9.49. The van der Waals surface area contributed by atoms with Crippen LogP contribution in [0, 0.1) is 0 Å². The van der Waals surface area contributed by atoms with Gasteiger partial charge in [0, 0.05) is 36.9 Å². The molecule has 2 aromatic heterocycles. The topological polar surface area (TPSA) is 38.4 Å². The van der Waals surface area contributed by atoms with E-state index in [2.05, 4.69) is 114 Å². The van der Waals surface area contributed by atoms with Gasteiger partial charge in [0.15, 0.2) is 0 Å². The summed E-state index contributed by atoms with van der Waals surface area (Å²) in [5.74, 6) is 0. The van der Waals surface area contributed by atoms with E-state index < -0.39 is 0 Å². The molecule has 0 radical (unpaired) electrons. The van der Waals surface area contributed by atoms with Crippen LogP contribution in [-0.2, 0) is 10.8 Å². The fourth-order valence-electron chi connectivity index (χ4n) is 5.67. The van der Waals surface area contributed by atoms with Crippen LogP contribution in [0.5, 0.6) is 0 Å². The predicted molar refractivity (Wildman–Crippen MR) is 170 cm³/mol. The van der Waals surface area contributed by atoms with Crippen LogP contribution in [0.2, 0.25) is 0 Å². The summed E-state index contributed by atoms with van der Waals surface area (Å²) < 4.78 is 4.73. The van der Waals surface area contributed by atoms with Crippen LogP contribution in [0.4, 0.5) is 0 Å². The van der Waals surface area contributed by atoms with Crippen molar-refractivity contribution >= 4 is 51.7 Å². The van der Waals surface area contributed by atoms with Gasteiger partial charge in [0.25, 0.3) is 0 Å². The average Bonchev–Trinajstić information content (AvgIpc) is 3.59. The largest absolute Gasteiger partial charge is 0.258 e. The molecule has 2 N–H and O–H groups in total. The number of hydrogen-bond donors (Lipinski definition) is 1. The van der Waals surface area contributed by atoms with Crippen molar-refractivity contribution in [2.45, 2.75) is 51.9 Å². The first-order valence-electron chi connectivity index (χ1n) is 13.0. The van der Waals surface area contributed by atoms with E-state index in [4.69, 9.17) is 9.54 Å². The molecule has 0 unspecified atom stereocenters. The lowest BCUT2D eigenvalue weighted by Crippen LogP contribution is -2.13. The number of allylic oxidation sites excluding steroid dienone is 4. The molecule has 2 aliphatic carbocycles. The van der Waals surface area contributed by atoms with Gasteiger partial charge in [-0.3, -0.25) is 5.14 Å². The molecule has 0 fully saturated rings. The Morgan fingerprint density at radius 2 is 1.55 bits per heavy atom. The van der Waals surface area contributed by atoms with Crippen molar-refractivity contribution in [3.05, 3.63) is 104 Å². The smallest absolute Gasteiger partial charge is 0.0632 e. The van der Waals surface area contributed by atoms with Crippen molar-refractivity contribution in [2.24, 2.45) is 9.54 Å². The maximum atomic E-state index is 5.91. The van der Waals surface area contributed by atoms with Crippen molar-refractivity contribution in [1.82, 2.24) is 0 Å². The molecule has 2 aromatic carbocycles. The Hall–Kier alpha value is -2.70. The Bertz CT molecular complexity index is 1620. The zero-order valence-electron chi connectivity index (χ0n) is 22.5. The zero-order valence-corrected chi connectivity index (χ0v) is 24.9. The Morgan fingerprint density at radius 1 is 0.842 bits per heavy atom. The van der Waals surface area contributed by atoms with Crippen molar-refractivity contribution in [2.75, 3.05) is 0 Å². The molecule has 0 saturated heterocycles. The van der Waals surface area contributed by atoms with Crippen molar-refractivity contribution < 1.29 is 0 Å². The van der Waals surface area contributed by atoms with E-state index in [0.717, 1.165) is 24.3 Å². The third-order valence-electron chi connectivity index (χ3n) is 7.55. The Morgan fingerprint density at radius 3 is 2.29 bits per heavy atom. The summed E-state index contributed by atoms with van der Waals surface area (Å²) in [5, 5.41) is 5.91. The molecule has 38 heavy (non-hydrogen) atoms. The monoisotopic (exact) mass is 552 g/mol. The summed E-state index contributed by atoms with van der Waals surface area (Å²) in [6.45, 7) is 11.6. The minimum Gasteiger partial charge on any atom is -0.258 e. The Balaban J connectivity index is 1.43. The summed E-state index contributed by atoms with van der Waals surface area (Å²) in [5.41, 5.74) is 10.4. The zero-order chi connectivity index (χ0) is 26.7. The molecule has 2 nitrogen and oxygen atoms in total. The lowest BCUT2D eigenvalue weighted by Gasteiger charge is -2.20. The van der Waals surface area contributed by atoms with E-state index in [1.807, 2.05) is 22.7 Å². The number of benzene rings is 2. The van der Waals surface area contributed by atoms with Gasteiger partial charge in [-0.15, -0.1) is 22.7 Å². The highest BCUT2D eigenvalue weighted by atomic mass is 32.2. The molecule has 0 amide bonds. The van der Waals surface area contributed by atoms with Crippen LogP contribution in [-0.4, -0.2) is 5.71 Å². The van der Waals surface area contributed by atoms with Crippen LogP contribution in [0.3, 0.4) is 0 Å². The highest BCUT2D eigenvalue weighted by Crippen LogP contribution is 2.53. The normalized spacial score (nSPS) is 17.3. The maximum absolute atomic E-state index is 5.91. The van der Waals surface area contributed by atoms with Gasteiger partial charge < -0.3 is 0 Å². The van der Waals surface area contributed by atoms with Gasteiger partial charge in [-0.2, -0.15) is 0 Å². The van der Waals surface area contributed by atoms with Crippen LogP contribution in [0.25, 0.3) is 33.4 Å². The van der Waals surface area contributed by atoms with Gasteiger partial charge >= 0.3 is 0 Å². The minimum absolute atomic E-state index is 0.0131. The summed E-state index contributed by atoms with van der Waals surface area (Å²) in [6, 6.07) is 24.3. The molecule has 0 atom stereocenters. The third-order valence-corrected chi connectivity index (χ3v) is 11.0. The van der Waals surface area contributed by atoms with Crippen LogP contribution in [0.15, 0.2) is 83.3 Å². The number of rotatable bonds is 4. The van der Waals surface area contributed by atoms with Crippen LogP contribution in [0.1, 0.15) is 66.1 Å². The SMILES string of the molecule is CC(C)(C)c1sc(C2=CC=C(c3cc4c(s3)C(C)(C)c3ccccc3-4)/C(=N/SN)C2)cc1-c1ccccc1. The van der Waals surface area contributed by atoms with E-state index in [-0.39, 0.29) is 10.8 Å². The molecule has 0 aliphatic heterocycles. The quantitative estimate of drug-likeness (QED) is 0.256. The first-order valence-corrected chi connectivity index (χ1v) is 15.4. The molecule has 6 rings (SSSR count). The van der Waals surface area contributed by atoms with Crippen LogP contribution < -0.4 is 5.14 Å². The van der Waals surface area contributed by atoms with E-state index in [1.165, 1.54) is 58.5 Å². The van der Waals surface area contributed by atoms with Gasteiger partial charge in [-0.05, 0) is 50.9 Å². The number of nitrogens with zero attached hydrogens (tertiary/aromatic N) is 1. The van der Waals surface area contributed by atoms with Crippen molar-refractivity contribution in [1.29, 1.82) is 0 Å². The molecule has 4 aromatic rings. The molecule has 0 spiro atoms. The first kappa shape index (κ1) is 25.6. The van der Waals surface area contributed by atoms with Gasteiger partial charge in [0.2, 0.25) is 0 Å². The molecular formula is C33H32N2S3. The average molecular weight is 553 g/mol. The van der Waals surface area contributed by atoms with Gasteiger partial charge in [-0.25, -0.2) is 4.40 Å². The number of nitrogens with two attached hydrogens (primary N) is 1. The molecular weight excluding hydrogens is 521 g/mol. The lowest BCUT2D eigenvalue weighted by molar-refractivity contribution is 0.605. The highest BCUT2D eigenvalue weighted by molar-refractivity contribution is 7.95. The second-order valence-electron chi connectivity index (χ2n) is 11.6. The van der Waals surface area contributed by atoms with E-state index in [9.17, 15) is 0 Å². The summed E-state index contributed by atoms with van der Waals surface area (Å²) >= 11 is 4.87. The fourth-order valence-corrected chi connectivity index (χ4v) is 8.55. The van der Waals surface area contributed by atoms with Crippen LogP contribution >= 0.6 is 34.8 Å². The standard InChI is InChI=1S/C33H32N2S3/c1-32(2,3)30-24(20-11-7-6-8-12-20)18-28(36-30)21-15-16-23(27(17-21)35-38-34)29-19-25-22-13-9-10-14-26(22)33(4,5)31(25)37-29/h6-16,18-19H,17,34H2,1-5H3/b35-27+. The van der Waals surface area contributed by atoms with Gasteiger partial charge in [-0.1, -0.05) is 101 Å². The number of thiophene rings is 2. The molecule has 0 bridgehead atoms. The second-order valence-corrected chi connectivity index (χ2v) is 14.1. The Labute approximate surface area is 238 Å². The highest BCUT2D eigenvalue weighted by Gasteiger charge is 2.38. The fraction of sp³-hybridized carbons (Fsp3) is 0.242. The molecule has 5 heteroatoms. The minimum atomic E-state index is 0.0131. The molecule has 2 aliphatic rings.